The summed E-state index contributed by atoms with van der Waals surface area (Å²) < 4.78 is 13.1. The lowest BCUT2D eigenvalue weighted by Gasteiger charge is -1.95. The molecule has 0 aromatic heterocycles. The van der Waals surface area contributed by atoms with Gasteiger partial charge in [0.1, 0.15) is 11.9 Å². The van der Waals surface area contributed by atoms with E-state index in [1.807, 2.05) is 0 Å². The number of rotatable bonds is 3. The van der Waals surface area contributed by atoms with Gasteiger partial charge in [0.15, 0.2) is 0 Å². The molecule has 0 spiro atoms. The summed E-state index contributed by atoms with van der Waals surface area (Å²) in [5.41, 5.74) is 0.735. The molecule has 0 bridgehead atoms. The Morgan fingerprint density at radius 3 is 2.86 bits per heavy atom. The van der Waals surface area contributed by atoms with Crippen molar-refractivity contribution in [1.82, 2.24) is 0 Å². The maximum Gasteiger partial charge on any atom is 0.141 e. The van der Waals surface area contributed by atoms with Crippen LogP contribution in [0.15, 0.2) is 24.3 Å². The van der Waals surface area contributed by atoms with Crippen molar-refractivity contribution in [3.63, 3.8) is 0 Å². The van der Waals surface area contributed by atoms with Crippen LogP contribution in [-0.2, 0) is 0 Å². The van der Waals surface area contributed by atoms with Gasteiger partial charge in [0.2, 0.25) is 0 Å². The molecular weight excluding hydrogens is 181 g/mol. The monoisotopic (exact) mass is 191 g/mol. The van der Waals surface area contributed by atoms with Crippen molar-refractivity contribution in [1.29, 1.82) is 5.26 Å². The van der Waals surface area contributed by atoms with Crippen molar-refractivity contribution in [2.45, 2.75) is 6.42 Å². The second-order valence-corrected chi connectivity index (χ2v) is 2.77. The maximum atomic E-state index is 13.1. The minimum atomic E-state index is -0.515. The highest BCUT2D eigenvalue weighted by atomic mass is 19.1. The smallest absolute Gasteiger partial charge is 0.141 e. The fourth-order valence-electron chi connectivity index (χ4n) is 1.02. The number of hydrogen-bond donors (Lipinski definition) is 1. The Bertz CT molecular complexity index is 379. The average Bonchev–Trinajstić information content (AvgIpc) is 2.18. The van der Waals surface area contributed by atoms with Crippen LogP contribution >= 0.6 is 0 Å². The van der Waals surface area contributed by atoms with E-state index in [0.717, 1.165) is 0 Å². The van der Waals surface area contributed by atoms with Gasteiger partial charge >= 0.3 is 0 Å². The zero-order chi connectivity index (χ0) is 10.4. The van der Waals surface area contributed by atoms with Crippen molar-refractivity contribution in [2.75, 3.05) is 6.61 Å². The first-order chi connectivity index (χ1) is 6.77. The summed E-state index contributed by atoms with van der Waals surface area (Å²) in [7, 11) is 0. The van der Waals surface area contributed by atoms with Gasteiger partial charge < -0.3 is 5.11 Å². The van der Waals surface area contributed by atoms with Gasteiger partial charge in [-0.25, -0.2) is 4.39 Å². The Hall–Kier alpha value is -1.66. The van der Waals surface area contributed by atoms with E-state index in [1.165, 1.54) is 12.1 Å². The fraction of sp³-hybridized carbons (Fsp3) is 0.182. The molecule has 0 radical (unpaired) electrons. The van der Waals surface area contributed by atoms with Crippen molar-refractivity contribution < 1.29 is 9.50 Å². The van der Waals surface area contributed by atoms with Gasteiger partial charge in [0.25, 0.3) is 0 Å². The Morgan fingerprint density at radius 2 is 2.29 bits per heavy atom. The van der Waals surface area contributed by atoms with Gasteiger partial charge in [-0.15, -0.1) is 0 Å². The van der Waals surface area contributed by atoms with Crippen LogP contribution in [0.4, 0.5) is 4.39 Å². The predicted octanol–water partition coefficient (Wildman–Crippen LogP) is 2.09. The van der Waals surface area contributed by atoms with E-state index in [2.05, 4.69) is 0 Å². The van der Waals surface area contributed by atoms with Gasteiger partial charge in [-0.1, -0.05) is 18.2 Å². The predicted molar refractivity (Wildman–Crippen MR) is 51.9 cm³/mol. The van der Waals surface area contributed by atoms with E-state index in [4.69, 9.17) is 10.4 Å². The van der Waals surface area contributed by atoms with E-state index >= 15 is 0 Å². The van der Waals surface area contributed by atoms with Crippen LogP contribution in [0.25, 0.3) is 6.08 Å². The molecule has 14 heavy (non-hydrogen) atoms. The highest BCUT2D eigenvalue weighted by Crippen LogP contribution is 2.10. The molecule has 1 rings (SSSR count). The Kier molecular flexibility index (Phi) is 3.84. The summed E-state index contributed by atoms with van der Waals surface area (Å²) >= 11 is 0. The third kappa shape index (κ3) is 2.68. The van der Waals surface area contributed by atoms with Crippen LogP contribution in [0.5, 0.6) is 0 Å². The summed E-state index contributed by atoms with van der Waals surface area (Å²) in [4.78, 5) is 0. The fourth-order valence-corrected chi connectivity index (χ4v) is 1.02. The van der Waals surface area contributed by atoms with Crippen molar-refractivity contribution >= 4 is 6.08 Å². The molecule has 0 fully saturated rings. The molecule has 72 valence electrons. The van der Waals surface area contributed by atoms with Crippen molar-refractivity contribution in [3.05, 3.63) is 41.2 Å². The summed E-state index contributed by atoms with van der Waals surface area (Å²) in [6, 6.07) is 6.15. The molecule has 0 aliphatic rings. The van der Waals surface area contributed by atoms with E-state index in [9.17, 15) is 4.39 Å². The first-order valence-electron chi connectivity index (χ1n) is 4.25. The topological polar surface area (TPSA) is 44.0 Å². The number of nitriles is 1. The minimum Gasteiger partial charge on any atom is -0.396 e. The molecule has 0 saturated carbocycles. The average molecular weight is 191 g/mol. The van der Waals surface area contributed by atoms with Crippen LogP contribution in [0.1, 0.15) is 17.5 Å². The molecule has 3 heteroatoms. The molecule has 1 aromatic carbocycles. The lowest BCUT2D eigenvalue weighted by atomic mass is 10.1. The van der Waals surface area contributed by atoms with Crippen molar-refractivity contribution in [3.8, 4) is 6.07 Å². The number of halogens is 1. The maximum absolute atomic E-state index is 13.1. The molecule has 0 heterocycles. The third-order valence-corrected chi connectivity index (χ3v) is 1.72. The van der Waals surface area contributed by atoms with Crippen LogP contribution < -0.4 is 0 Å². The number of aliphatic hydroxyl groups excluding tert-OH is 1. The first kappa shape index (κ1) is 10.4. The lowest BCUT2D eigenvalue weighted by molar-refractivity contribution is 0.303. The highest BCUT2D eigenvalue weighted by Gasteiger charge is 1.99. The molecule has 0 saturated heterocycles. The third-order valence-electron chi connectivity index (χ3n) is 1.72. The molecule has 0 aliphatic heterocycles. The molecule has 0 atom stereocenters. The Labute approximate surface area is 81.9 Å². The van der Waals surface area contributed by atoms with Crippen LogP contribution in [0, 0.1) is 17.1 Å². The summed E-state index contributed by atoms with van der Waals surface area (Å²) in [6.45, 7) is 0.0786. The highest BCUT2D eigenvalue weighted by molar-refractivity contribution is 5.51. The largest absolute Gasteiger partial charge is 0.396 e. The van der Waals surface area contributed by atoms with Crippen LogP contribution in [0.3, 0.4) is 0 Å². The van der Waals surface area contributed by atoms with Gasteiger partial charge in [0, 0.05) is 6.61 Å². The van der Waals surface area contributed by atoms with E-state index in [-0.39, 0.29) is 12.2 Å². The second-order valence-electron chi connectivity index (χ2n) is 2.77. The molecular formula is C11H10FNO. The second kappa shape index (κ2) is 5.15. The van der Waals surface area contributed by atoms with Crippen LogP contribution in [0.2, 0.25) is 0 Å². The molecule has 0 amide bonds. The zero-order valence-electron chi connectivity index (χ0n) is 7.57. The Balaban J connectivity index is 2.82. The van der Waals surface area contributed by atoms with Gasteiger partial charge in [-0.2, -0.15) is 5.26 Å². The summed E-state index contributed by atoms with van der Waals surface area (Å²) in [6.07, 6.45) is 4.00. The molecule has 0 aliphatic carbocycles. The van der Waals surface area contributed by atoms with Gasteiger partial charge in [-0.05, 0) is 24.1 Å². The molecule has 1 aromatic rings. The number of hydrogen-bond acceptors (Lipinski definition) is 2. The molecule has 2 nitrogen and oxygen atoms in total. The summed E-state index contributed by atoms with van der Waals surface area (Å²) in [5, 5.41) is 17.0. The van der Waals surface area contributed by atoms with Crippen LogP contribution in [-0.4, -0.2) is 11.7 Å². The van der Waals surface area contributed by atoms with Gasteiger partial charge in [0.05, 0.1) is 5.56 Å². The van der Waals surface area contributed by atoms with E-state index in [1.54, 1.807) is 24.3 Å². The summed E-state index contributed by atoms with van der Waals surface area (Å²) in [5.74, 6) is -0.515. The van der Waals surface area contributed by atoms with Crippen molar-refractivity contribution in [2.24, 2.45) is 0 Å². The minimum absolute atomic E-state index is 0.0457. The van der Waals surface area contributed by atoms with E-state index < -0.39 is 5.82 Å². The SMILES string of the molecule is N#Cc1ccc(C=CCCO)cc1F. The molecule has 0 unspecified atom stereocenters. The quantitative estimate of drug-likeness (QED) is 0.795. The molecule has 1 N–H and O–H groups in total. The normalized spacial score (nSPS) is 10.4. The Morgan fingerprint density at radius 1 is 1.50 bits per heavy atom. The van der Waals surface area contributed by atoms with E-state index in [0.29, 0.717) is 12.0 Å². The number of aliphatic hydroxyl groups is 1. The first-order valence-corrected chi connectivity index (χ1v) is 4.25. The zero-order valence-corrected chi connectivity index (χ0v) is 7.57. The standard InChI is InChI=1S/C11H10FNO/c12-11-7-9(3-1-2-6-14)4-5-10(11)8-13/h1,3-5,7,14H,2,6H2. The number of nitrogens with zero attached hydrogens (tertiary/aromatic N) is 1. The lowest BCUT2D eigenvalue weighted by Crippen LogP contribution is -1.84. The van der Waals surface area contributed by atoms with Gasteiger partial charge in [-0.3, -0.25) is 0 Å². The number of benzene rings is 1.